The van der Waals surface area contributed by atoms with E-state index in [9.17, 15) is 4.79 Å². The third kappa shape index (κ3) is 5.33. The molecule has 0 aliphatic carbocycles. The highest BCUT2D eigenvalue weighted by atomic mass is 79.9. The van der Waals surface area contributed by atoms with E-state index in [1.807, 2.05) is 19.1 Å². The Morgan fingerprint density at radius 1 is 1.13 bits per heavy atom. The molecular formula is C21H17Br3N2O4. The van der Waals surface area contributed by atoms with E-state index in [4.69, 9.17) is 13.9 Å². The number of hydrogen-bond donors (Lipinski definition) is 1. The van der Waals surface area contributed by atoms with Crippen molar-refractivity contribution in [2.45, 2.75) is 6.92 Å². The van der Waals surface area contributed by atoms with Crippen LogP contribution in [0.15, 0.2) is 65.9 Å². The predicted octanol–water partition coefficient (Wildman–Crippen LogP) is 6.45. The number of carbonyl (C=O) groups is 1. The molecule has 0 unspecified atom stereocenters. The molecule has 1 heterocycles. The van der Waals surface area contributed by atoms with Gasteiger partial charge in [-0.25, -0.2) is 5.43 Å². The van der Waals surface area contributed by atoms with Gasteiger partial charge in [-0.2, -0.15) is 5.10 Å². The standard InChI is InChI=1S/C21H17Br3N2O4/c1-3-5-29-18-10-15(23)13(8-17(18)28-4-2)11-25-26-21(27)19-7-12-6-14(22)9-16(24)20(12)30-19/h3,6-11H,1,4-5H2,2H3,(H,26,27)/b25-11-. The van der Waals surface area contributed by atoms with Crippen LogP contribution in [0.2, 0.25) is 0 Å². The lowest BCUT2D eigenvalue weighted by atomic mass is 10.2. The minimum atomic E-state index is -0.461. The summed E-state index contributed by atoms with van der Waals surface area (Å²) < 4.78 is 19.2. The quantitative estimate of drug-likeness (QED) is 0.183. The topological polar surface area (TPSA) is 73.1 Å². The first-order valence-corrected chi connectivity index (χ1v) is 11.2. The fourth-order valence-corrected chi connectivity index (χ4v) is 4.35. The molecule has 0 fully saturated rings. The van der Waals surface area contributed by atoms with Crippen molar-refractivity contribution in [3.63, 3.8) is 0 Å². The van der Waals surface area contributed by atoms with Crippen molar-refractivity contribution >= 4 is 70.9 Å². The molecule has 0 aliphatic rings. The molecule has 0 atom stereocenters. The lowest BCUT2D eigenvalue weighted by Gasteiger charge is -2.12. The Morgan fingerprint density at radius 2 is 1.90 bits per heavy atom. The van der Waals surface area contributed by atoms with Crippen molar-refractivity contribution in [1.82, 2.24) is 5.43 Å². The lowest BCUT2D eigenvalue weighted by molar-refractivity contribution is 0.0929. The Balaban J connectivity index is 1.77. The van der Waals surface area contributed by atoms with E-state index in [0.29, 0.717) is 35.9 Å². The lowest BCUT2D eigenvalue weighted by Crippen LogP contribution is -2.16. The van der Waals surface area contributed by atoms with Crippen molar-refractivity contribution in [2.24, 2.45) is 5.10 Å². The van der Waals surface area contributed by atoms with Crippen LogP contribution < -0.4 is 14.9 Å². The first kappa shape index (κ1) is 22.6. The SMILES string of the molecule is C=CCOc1cc(Br)c(/C=N\NC(=O)c2cc3cc(Br)cc(Br)c3o2)cc1OCC. The van der Waals surface area contributed by atoms with Crippen LogP contribution in [0.5, 0.6) is 11.5 Å². The number of nitrogens with zero attached hydrogens (tertiary/aromatic N) is 1. The summed E-state index contributed by atoms with van der Waals surface area (Å²) in [4.78, 5) is 12.4. The summed E-state index contributed by atoms with van der Waals surface area (Å²) in [7, 11) is 0. The number of hydrazone groups is 1. The maximum absolute atomic E-state index is 12.4. The minimum Gasteiger partial charge on any atom is -0.490 e. The Morgan fingerprint density at radius 3 is 2.63 bits per heavy atom. The molecule has 0 bridgehead atoms. The van der Waals surface area contributed by atoms with Gasteiger partial charge in [0, 0.05) is 19.9 Å². The van der Waals surface area contributed by atoms with Gasteiger partial charge < -0.3 is 13.9 Å². The van der Waals surface area contributed by atoms with E-state index in [1.54, 1.807) is 24.3 Å². The van der Waals surface area contributed by atoms with Crippen molar-refractivity contribution in [2.75, 3.05) is 13.2 Å². The van der Waals surface area contributed by atoms with E-state index in [2.05, 4.69) is 64.9 Å². The van der Waals surface area contributed by atoms with Crippen LogP contribution in [-0.2, 0) is 0 Å². The second-order valence-electron chi connectivity index (χ2n) is 5.97. The van der Waals surface area contributed by atoms with Gasteiger partial charge in [-0.3, -0.25) is 4.79 Å². The normalized spacial score (nSPS) is 11.1. The Bertz CT molecular complexity index is 1130. The average Bonchev–Trinajstić information content (AvgIpc) is 3.13. The van der Waals surface area contributed by atoms with Crippen molar-refractivity contribution in [3.8, 4) is 11.5 Å². The first-order chi connectivity index (χ1) is 14.4. The molecule has 30 heavy (non-hydrogen) atoms. The molecule has 156 valence electrons. The predicted molar refractivity (Wildman–Crippen MR) is 128 cm³/mol. The van der Waals surface area contributed by atoms with Crippen LogP contribution in [0.3, 0.4) is 0 Å². The zero-order chi connectivity index (χ0) is 21.7. The number of nitrogens with one attached hydrogen (secondary N) is 1. The highest BCUT2D eigenvalue weighted by Gasteiger charge is 2.14. The Labute approximate surface area is 198 Å². The van der Waals surface area contributed by atoms with Crippen molar-refractivity contribution < 1.29 is 18.7 Å². The summed E-state index contributed by atoms with van der Waals surface area (Å²) in [5.74, 6) is 0.854. The highest BCUT2D eigenvalue weighted by Crippen LogP contribution is 2.33. The molecule has 0 radical (unpaired) electrons. The molecule has 6 nitrogen and oxygen atoms in total. The number of benzene rings is 2. The van der Waals surface area contributed by atoms with Crippen molar-refractivity contribution in [1.29, 1.82) is 0 Å². The summed E-state index contributed by atoms with van der Waals surface area (Å²) in [5, 5.41) is 4.83. The van der Waals surface area contributed by atoms with Gasteiger partial charge >= 0.3 is 5.91 Å². The number of carbonyl (C=O) groups excluding carboxylic acids is 1. The second kappa shape index (κ2) is 10.3. The van der Waals surface area contributed by atoms with Gasteiger partial charge in [0.1, 0.15) is 12.2 Å². The smallest absolute Gasteiger partial charge is 0.307 e. The van der Waals surface area contributed by atoms with Crippen LogP contribution in [0.4, 0.5) is 0 Å². The minimum absolute atomic E-state index is 0.156. The maximum atomic E-state index is 12.4. The molecule has 0 saturated carbocycles. The molecule has 1 amide bonds. The van der Waals surface area contributed by atoms with Crippen LogP contribution in [0.1, 0.15) is 23.0 Å². The molecule has 0 spiro atoms. The molecule has 1 N–H and O–H groups in total. The molecule has 1 aromatic heterocycles. The van der Waals surface area contributed by atoms with E-state index in [0.717, 1.165) is 18.8 Å². The second-order valence-corrected chi connectivity index (χ2v) is 8.59. The summed E-state index contributed by atoms with van der Waals surface area (Å²) in [6, 6.07) is 8.93. The number of furan rings is 1. The number of amides is 1. The summed E-state index contributed by atoms with van der Waals surface area (Å²) in [6.45, 7) is 6.38. The van der Waals surface area contributed by atoms with Crippen LogP contribution in [-0.4, -0.2) is 25.3 Å². The van der Waals surface area contributed by atoms with E-state index in [1.165, 1.54) is 6.21 Å². The van der Waals surface area contributed by atoms with Crippen LogP contribution in [0, 0.1) is 0 Å². The molecule has 2 aromatic carbocycles. The molecule has 0 aliphatic heterocycles. The number of rotatable bonds is 8. The van der Waals surface area contributed by atoms with Crippen LogP contribution in [0.25, 0.3) is 11.0 Å². The van der Waals surface area contributed by atoms with Gasteiger partial charge in [-0.1, -0.05) is 28.6 Å². The van der Waals surface area contributed by atoms with Gasteiger partial charge in [0.05, 0.1) is 17.3 Å². The van der Waals surface area contributed by atoms with Crippen LogP contribution >= 0.6 is 47.8 Å². The zero-order valence-corrected chi connectivity index (χ0v) is 20.6. The number of halogens is 3. The van der Waals surface area contributed by atoms with Crippen molar-refractivity contribution in [3.05, 3.63) is 67.7 Å². The largest absolute Gasteiger partial charge is 0.490 e. The third-order valence-corrected chi connectivity index (χ3v) is 5.58. The Kier molecular flexibility index (Phi) is 7.74. The summed E-state index contributed by atoms with van der Waals surface area (Å²) in [5.41, 5.74) is 3.77. The first-order valence-electron chi connectivity index (χ1n) is 8.85. The molecular weight excluding hydrogens is 584 g/mol. The maximum Gasteiger partial charge on any atom is 0.307 e. The molecule has 3 aromatic rings. The van der Waals surface area contributed by atoms with E-state index < -0.39 is 5.91 Å². The third-order valence-electron chi connectivity index (χ3n) is 3.85. The zero-order valence-electron chi connectivity index (χ0n) is 15.9. The summed E-state index contributed by atoms with van der Waals surface area (Å²) >= 11 is 10.3. The fourth-order valence-electron chi connectivity index (χ4n) is 2.58. The number of fused-ring (bicyclic) bond motifs is 1. The van der Waals surface area contributed by atoms with E-state index in [-0.39, 0.29) is 5.76 Å². The monoisotopic (exact) mass is 598 g/mol. The summed E-state index contributed by atoms with van der Waals surface area (Å²) in [6.07, 6.45) is 3.17. The Hall–Kier alpha value is -2.10. The fraction of sp³-hybridized carbons (Fsp3) is 0.143. The molecule has 9 heteroatoms. The number of hydrogen-bond acceptors (Lipinski definition) is 5. The molecule has 3 rings (SSSR count). The van der Waals surface area contributed by atoms with Gasteiger partial charge in [0.25, 0.3) is 0 Å². The highest BCUT2D eigenvalue weighted by molar-refractivity contribution is 9.11. The van der Waals surface area contributed by atoms with Gasteiger partial charge in [-0.05, 0) is 69.1 Å². The van der Waals surface area contributed by atoms with E-state index >= 15 is 0 Å². The average molecular weight is 601 g/mol. The number of ether oxygens (including phenoxy) is 2. The van der Waals surface area contributed by atoms with Gasteiger partial charge in [-0.15, -0.1) is 0 Å². The van der Waals surface area contributed by atoms with Gasteiger partial charge in [0.2, 0.25) is 0 Å². The van der Waals surface area contributed by atoms with Gasteiger partial charge in [0.15, 0.2) is 17.3 Å². The molecule has 0 saturated heterocycles.